The van der Waals surface area contributed by atoms with Crippen LogP contribution in [0.3, 0.4) is 0 Å². The molecular formula is C34H30Cl2CoN10NaO8S2+2. The second-order valence-electron chi connectivity index (χ2n) is 11.5. The van der Waals surface area contributed by atoms with Gasteiger partial charge in [-0.1, -0.05) is 59.0 Å². The molecule has 4 aromatic carbocycles. The smallest absolute Gasteiger partial charge is 0.871 e. The van der Waals surface area contributed by atoms with Crippen LogP contribution >= 0.6 is 23.2 Å². The molecule has 0 aliphatic carbocycles. The maximum Gasteiger partial charge on any atom is 3.00 e. The zero-order valence-electron chi connectivity index (χ0n) is 30.9. The fraction of sp³-hybridized carbons (Fsp3) is 0.118. The van der Waals surface area contributed by atoms with Gasteiger partial charge in [0.2, 0.25) is 20.0 Å². The normalized spacial score (nSPS) is 11.6. The van der Waals surface area contributed by atoms with Crippen LogP contribution in [0.25, 0.3) is 11.4 Å². The molecule has 2 aromatic heterocycles. The van der Waals surface area contributed by atoms with Gasteiger partial charge in [0.15, 0.2) is 11.4 Å². The van der Waals surface area contributed by atoms with Crippen molar-refractivity contribution in [2.45, 2.75) is 23.6 Å². The van der Waals surface area contributed by atoms with Crippen LogP contribution in [0.2, 0.25) is 10.0 Å². The summed E-state index contributed by atoms with van der Waals surface area (Å²) in [5.41, 5.74) is 0.436. The van der Waals surface area contributed by atoms with E-state index >= 15 is 0 Å². The molecule has 2 heterocycles. The third-order valence-electron chi connectivity index (χ3n) is 7.75. The van der Waals surface area contributed by atoms with E-state index in [1.54, 1.807) is 62.4 Å². The number of azo groups is 2. The van der Waals surface area contributed by atoms with Crippen molar-refractivity contribution in [3.05, 3.63) is 127 Å². The third-order valence-corrected chi connectivity index (χ3v) is 11.0. The number of nitrogens with one attached hydrogen (secondary N) is 4. The van der Waals surface area contributed by atoms with Crippen molar-refractivity contribution in [2.75, 3.05) is 14.1 Å². The van der Waals surface area contributed by atoms with Crippen LogP contribution < -0.4 is 60.3 Å². The Morgan fingerprint density at radius 2 is 0.966 bits per heavy atom. The number of halogens is 2. The van der Waals surface area contributed by atoms with Crippen LogP contribution in [0.4, 0.5) is 22.7 Å². The molecule has 0 amide bonds. The average Bonchev–Trinajstić information content (AvgIpc) is 3.62. The first-order valence-electron chi connectivity index (χ1n) is 15.9. The Labute approximate surface area is 373 Å². The molecule has 18 nitrogen and oxygen atoms in total. The van der Waals surface area contributed by atoms with E-state index < -0.39 is 42.7 Å². The minimum Gasteiger partial charge on any atom is -0.871 e. The van der Waals surface area contributed by atoms with Gasteiger partial charge in [0.05, 0.1) is 43.9 Å². The summed E-state index contributed by atoms with van der Waals surface area (Å²) in [6, 6.07) is 20.0. The Kier molecular flexibility index (Phi) is 16.6. The number of hydrogen-bond acceptors (Lipinski definition) is 12. The minimum absolute atomic E-state index is 0. The van der Waals surface area contributed by atoms with Crippen molar-refractivity contribution in [2.24, 2.45) is 20.5 Å². The average molecular weight is 924 g/mol. The molecule has 0 saturated heterocycles. The molecule has 58 heavy (non-hydrogen) atoms. The molecule has 0 atom stereocenters. The Morgan fingerprint density at radius 3 is 1.29 bits per heavy atom. The van der Waals surface area contributed by atoms with E-state index in [0.29, 0.717) is 32.8 Å². The van der Waals surface area contributed by atoms with Crippen molar-refractivity contribution in [3.8, 4) is 22.9 Å². The van der Waals surface area contributed by atoms with E-state index in [2.05, 4.69) is 40.1 Å². The number of nitrogens with zero attached hydrogens (tertiary/aromatic N) is 6. The molecule has 298 valence electrons. The fourth-order valence-corrected chi connectivity index (χ4v) is 6.70. The van der Waals surface area contributed by atoms with E-state index in [-0.39, 0.29) is 78.9 Å². The first kappa shape index (κ1) is 48.0. The maximum atomic E-state index is 12.6. The molecule has 0 fully saturated rings. The number of H-pyrrole nitrogens is 2. The topological polar surface area (TPSA) is 263 Å². The summed E-state index contributed by atoms with van der Waals surface area (Å²) in [6.45, 7) is 3.24. The van der Waals surface area contributed by atoms with E-state index in [1.165, 1.54) is 35.6 Å². The summed E-state index contributed by atoms with van der Waals surface area (Å²) < 4.78 is 54.3. The number of aryl methyl sites for hydroxylation is 2. The van der Waals surface area contributed by atoms with Crippen molar-refractivity contribution >= 4 is 66.0 Å². The third kappa shape index (κ3) is 11.0. The molecule has 4 N–H and O–H groups in total. The summed E-state index contributed by atoms with van der Waals surface area (Å²) >= 11 is 11.9. The maximum absolute atomic E-state index is 12.6. The molecule has 24 heteroatoms. The molecule has 0 aliphatic heterocycles. The van der Waals surface area contributed by atoms with E-state index in [9.17, 15) is 36.6 Å². The second-order valence-corrected chi connectivity index (χ2v) is 16.1. The van der Waals surface area contributed by atoms with E-state index in [0.717, 1.165) is 24.3 Å². The van der Waals surface area contributed by atoms with Crippen LogP contribution in [0.15, 0.2) is 125 Å². The van der Waals surface area contributed by atoms with Crippen molar-refractivity contribution in [1.82, 2.24) is 29.0 Å². The number of sulfonamides is 2. The van der Waals surface area contributed by atoms with Crippen molar-refractivity contribution < 1.29 is 73.4 Å². The Hall–Kier alpha value is -4.39. The van der Waals surface area contributed by atoms with Gasteiger partial charge in [-0.15, -0.1) is 10.2 Å². The summed E-state index contributed by atoms with van der Waals surface area (Å²) in [7, 11) is -4.99. The second kappa shape index (κ2) is 20.0. The molecular weight excluding hydrogens is 893 g/mol. The molecule has 0 aliphatic rings. The van der Waals surface area contributed by atoms with Gasteiger partial charge in [-0.25, -0.2) is 35.6 Å². The van der Waals surface area contributed by atoms with Gasteiger partial charge in [0.25, 0.3) is 11.1 Å². The molecule has 0 unspecified atom stereocenters. The van der Waals surface area contributed by atoms with Gasteiger partial charge in [-0.3, -0.25) is 19.8 Å². The Morgan fingerprint density at radius 1 is 0.603 bits per heavy atom. The van der Waals surface area contributed by atoms with Crippen molar-refractivity contribution in [3.63, 3.8) is 0 Å². The quantitative estimate of drug-likeness (QED) is 0.116. The number of hydrogen-bond donors (Lipinski definition) is 4. The number of rotatable bonds is 10. The molecule has 0 spiro atoms. The van der Waals surface area contributed by atoms with Gasteiger partial charge in [-0.05, 0) is 88.6 Å². The monoisotopic (exact) mass is 922 g/mol. The van der Waals surface area contributed by atoms with Gasteiger partial charge in [0.1, 0.15) is 0 Å². The summed E-state index contributed by atoms with van der Waals surface area (Å²) in [6.07, 6.45) is 0. The van der Waals surface area contributed by atoms with Gasteiger partial charge >= 0.3 is 46.3 Å². The minimum atomic E-state index is -3.75. The van der Waals surface area contributed by atoms with Gasteiger partial charge in [-0.2, -0.15) is 10.2 Å². The van der Waals surface area contributed by atoms with E-state index in [4.69, 9.17) is 23.2 Å². The Bertz CT molecular complexity index is 2670. The SMILES string of the molecule is CNS(=O)(=O)c1ccc([O-])c(N=Nc2c(C)[nH]n(-c3cccc(Cl)c3)c2=O)c1.CNS(=O)(=O)c1ccc([O-])c(N=Nc2c(C)[nH]n(-c3cccc(Cl)c3)c2=O)c1.[Co+3].[Na+]. The van der Waals surface area contributed by atoms with Gasteiger partial charge in [0, 0.05) is 10.0 Å². The van der Waals surface area contributed by atoms with Crippen LogP contribution in [0.1, 0.15) is 11.4 Å². The fourth-order valence-electron chi connectivity index (χ4n) is 4.83. The van der Waals surface area contributed by atoms with Crippen LogP contribution in [-0.2, 0) is 36.8 Å². The predicted octanol–water partition coefficient (Wildman–Crippen LogP) is 2.05. The van der Waals surface area contributed by atoms with Crippen molar-refractivity contribution in [1.29, 1.82) is 0 Å². The van der Waals surface area contributed by atoms with Crippen LogP contribution in [0.5, 0.6) is 11.5 Å². The summed E-state index contributed by atoms with van der Waals surface area (Å²) in [4.78, 5) is 25.0. The molecule has 0 bridgehead atoms. The first-order chi connectivity index (χ1) is 26.4. The summed E-state index contributed by atoms with van der Waals surface area (Å²) in [5.74, 6) is -1.05. The molecule has 6 aromatic rings. The van der Waals surface area contributed by atoms with Crippen LogP contribution in [0, 0.1) is 13.8 Å². The van der Waals surface area contributed by atoms with Gasteiger partial charge < -0.3 is 10.2 Å². The number of aromatic nitrogens is 4. The molecule has 0 radical (unpaired) electrons. The first-order valence-corrected chi connectivity index (χ1v) is 19.7. The predicted molar refractivity (Wildman–Crippen MR) is 205 cm³/mol. The van der Waals surface area contributed by atoms with E-state index in [1.807, 2.05) is 0 Å². The zero-order chi connectivity index (χ0) is 40.9. The standard InChI is InChI=1S/2C17H16ClN5O4S.Co.Na/c2*1-10-16(17(25)23(22-10)12-5-3-4-11(18)8-12)21-20-14-9-13(6-7-15(14)24)28(26,27)19-2;;/h2*3-9,19,22,24H,1-2H3;;/q;;+3;+1/p-2. The number of aromatic amines is 2. The Balaban J connectivity index is 0.000000300. The largest absolute Gasteiger partial charge is 3.00 e. The van der Waals surface area contributed by atoms with Crippen LogP contribution in [-0.4, -0.2) is 50.5 Å². The molecule has 0 saturated carbocycles. The zero-order valence-corrected chi connectivity index (χ0v) is 37.1. The summed E-state index contributed by atoms with van der Waals surface area (Å²) in [5, 5.41) is 45.9. The number of benzene rings is 4. The molecule has 6 rings (SSSR count).